The van der Waals surface area contributed by atoms with Crippen LogP contribution in [0.2, 0.25) is 0 Å². The first-order valence-electron chi connectivity index (χ1n) is 18.4. The predicted molar refractivity (Wildman–Crippen MR) is 206 cm³/mol. The number of benzene rings is 4. The van der Waals surface area contributed by atoms with Crippen LogP contribution in [-0.4, -0.2) is 73.1 Å². The molecule has 0 radical (unpaired) electrons. The normalized spacial score (nSPS) is 25.2. The lowest BCUT2D eigenvalue weighted by Crippen LogP contribution is -2.42. The van der Waals surface area contributed by atoms with Gasteiger partial charge in [-0.3, -0.25) is 14.3 Å². The summed E-state index contributed by atoms with van der Waals surface area (Å²) in [7, 11) is 3.28. The Bertz CT molecular complexity index is 2100. The standard InChI is InChI=1S/C42H44N3O9P/c1-48-32-20-16-30(17-21-32)42(29-13-8-5-9-14-29,31-18-22-33(49-2)23-19-31)51-27-35-38(39(50-3)40(52-35)44-26-24-36(46)43-41(44)47)54-55-45-25-10-15-34(45)37(53-55)28-11-6-4-7-12-28/h4-9,11-14,16-24,26,34-35,37-40H,10,15,25,27H2,1-3H3,(H,43,46,47)/t34?,35?,37?,38?,39?,40?,55-/m0/s1. The molecule has 6 unspecified atom stereocenters. The van der Waals surface area contributed by atoms with Crippen molar-refractivity contribution in [2.45, 2.75) is 55.1 Å². The van der Waals surface area contributed by atoms with E-state index >= 15 is 0 Å². The molecular weight excluding hydrogens is 721 g/mol. The average Bonchev–Trinajstić information content (AvgIpc) is 3.94. The van der Waals surface area contributed by atoms with E-state index in [-0.39, 0.29) is 18.8 Å². The highest BCUT2D eigenvalue weighted by atomic mass is 31.2. The summed E-state index contributed by atoms with van der Waals surface area (Å²) >= 11 is 0. The highest BCUT2D eigenvalue weighted by molar-refractivity contribution is 7.45. The third-order valence-corrected chi connectivity index (χ3v) is 12.4. The first-order valence-corrected chi connectivity index (χ1v) is 19.5. The van der Waals surface area contributed by atoms with E-state index in [4.69, 9.17) is 32.7 Å². The fourth-order valence-electron chi connectivity index (χ4n) is 7.98. The number of hydrogen-bond donors (Lipinski definition) is 1. The third-order valence-electron chi connectivity index (χ3n) is 10.7. The number of methoxy groups -OCH3 is 3. The molecule has 3 aliphatic heterocycles. The Morgan fingerprint density at radius 3 is 2.00 bits per heavy atom. The minimum absolute atomic E-state index is 0.0147. The predicted octanol–water partition coefficient (Wildman–Crippen LogP) is 6.32. The van der Waals surface area contributed by atoms with Crippen LogP contribution in [-0.2, 0) is 28.9 Å². The van der Waals surface area contributed by atoms with Crippen molar-refractivity contribution in [3.63, 3.8) is 0 Å². The second-order valence-electron chi connectivity index (χ2n) is 13.7. The van der Waals surface area contributed by atoms with Crippen molar-refractivity contribution >= 4 is 8.53 Å². The van der Waals surface area contributed by atoms with Crippen molar-refractivity contribution in [1.29, 1.82) is 0 Å². The van der Waals surface area contributed by atoms with Crippen LogP contribution in [0.3, 0.4) is 0 Å². The Labute approximate surface area is 320 Å². The molecule has 8 rings (SSSR count). The van der Waals surface area contributed by atoms with Crippen LogP contribution in [0.25, 0.3) is 0 Å². The zero-order chi connectivity index (χ0) is 37.9. The Morgan fingerprint density at radius 1 is 0.782 bits per heavy atom. The summed E-state index contributed by atoms with van der Waals surface area (Å²) in [4.78, 5) is 27.7. The molecule has 0 spiro atoms. The van der Waals surface area contributed by atoms with Crippen LogP contribution in [0.1, 0.15) is 47.4 Å². The lowest BCUT2D eigenvalue weighted by Gasteiger charge is -2.37. The van der Waals surface area contributed by atoms with Gasteiger partial charge >= 0.3 is 5.69 Å². The maximum absolute atomic E-state index is 13.2. The first-order chi connectivity index (χ1) is 26.9. The second kappa shape index (κ2) is 16.2. The molecule has 13 heteroatoms. The molecule has 4 heterocycles. The van der Waals surface area contributed by atoms with E-state index in [0.717, 1.165) is 41.6 Å². The third kappa shape index (κ3) is 7.16. The molecule has 0 aliphatic carbocycles. The molecule has 286 valence electrons. The van der Waals surface area contributed by atoms with Crippen LogP contribution in [0.15, 0.2) is 131 Å². The van der Waals surface area contributed by atoms with Crippen molar-refractivity contribution in [2.24, 2.45) is 0 Å². The highest BCUT2D eigenvalue weighted by Gasteiger charge is 2.54. The van der Waals surface area contributed by atoms with Gasteiger partial charge in [-0.1, -0.05) is 84.9 Å². The molecule has 0 saturated carbocycles. The molecule has 1 N–H and O–H groups in total. The molecule has 5 aromatic rings. The van der Waals surface area contributed by atoms with Crippen LogP contribution in [0.4, 0.5) is 0 Å². The number of ether oxygens (including phenoxy) is 5. The van der Waals surface area contributed by atoms with Gasteiger partial charge in [-0.2, -0.15) is 0 Å². The van der Waals surface area contributed by atoms with E-state index in [9.17, 15) is 9.59 Å². The lowest BCUT2D eigenvalue weighted by molar-refractivity contribution is -0.0955. The number of hydrogen-bond acceptors (Lipinski definition) is 10. The molecule has 3 aliphatic rings. The Balaban J connectivity index is 1.19. The number of nitrogens with one attached hydrogen (secondary N) is 1. The molecule has 7 atom stereocenters. The highest BCUT2D eigenvalue weighted by Crippen LogP contribution is 2.62. The van der Waals surface area contributed by atoms with Crippen molar-refractivity contribution in [3.05, 3.63) is 165 Å². The van der Waals surface area contributed by atoms with Gasteiger partial charge < -0.3 is 32.7 Å². The van der Waals surface area contributed by atoms with Crippen molar-refractivity contribution in [2.75, 3.05) is 34.5 Å². The molecule has 0 bridgehead atoms. The molecule has 4 aromatic carbocycles. The van der Waals surface area contributed by atoms with Crippen molar-refractivity contribution in [1.82, 2.24) is 14.2 Å². The fraction of sp³-hybridized carbons (Fsp3) is 0.333. The summed E-state index contributed by atoms with van der Waals surface area (Å²) < 4.78 is 48.7. The molecule has 3 saturated heterocycles. The summed E-state index contributed by atoms with van der Waals surface area (Å²) in [5, 5.41) is 0. The topological polar surface area (TPSA) is 123 Å². The summed E-state index contributed by atoms with van der Waals surface area (Å²) in [6.07, 6.45) is 0.0712. The number of fused-ring (bicyclic) bond motifs is 1. The number of H-pyrrole nitrogens is 1. The average molecular weight is 766 g/mol. The number of aromatic amines is 1. The van der Waals surface area contributed by atoms with Gasteiger partial charge in [0, 0.05) is 32.0 Å². The van der Waals surface area contributed by atoms with E-state index < -0.39 is 49.9 Å². The van der Waals surface area contributed by atoms with Crippen LogP contribution in [0.5, 0.6) is 11.5 Å². The number of rotatable bonds is 13. The van der Waals surface area contributed by atoms with Gasteiger partial charge in [0.15, 0.2) is 6.23 Å². The summed E-state index contributed by atoms with van der Waals surface area (Å²) in [6, 6.07) is 37.3. The quantitative estimate of drug-likeness (QED) is 0.108. The van der Waals surface area contributed by atoms with E-state index in [1.807, 2.05) is 97.1 Å². The number of nitrogens with zero attached hydrogens (tertiary/aromatic N) is 2. The Kier molecular flexibility index (Phi) is 11.0. The van der Waals surface area contributed by atoms with E-state index in [1.165, 1.54) is 16.8 Å². The number of aromatic nitrogens is 2. The van der Waals surface area contributed by atoms with Gasteiger partial charge in [0.25, 0.3) is 14.1 Å². The Morgan fingerprint density at radius 2 is 1.40 bits per heavy atom. The molecule has 0 amide bonds. The molecule has 55 heavy (non-hydrogen) atoms. The van der Waals surface area contributed by atoms with Gasteiger partial charge in [-0.25, -0.2) is 9.46 Å². The summed E-state index contributed by atoms with van der Waals surface area (Å²) in [6.45, 7) is 0.849. The van der Waals surface area contributed by atoms with Crippen LogP contribution >= 0.6 is 8.53 Å². The molecular formula is C42H44N3O9P. The second-order valence-corrected chi connectivity index (χ2v) is 15.1. The van der Waals surface area contributed by atoms with Gasteiger partial charge in [-0.15, -0.1) is 0 Å². The van der Waals surface area contributed by atoms with Crippen LogP contribution in [0, 0.1) is 0 Å². The van der Waals surface area contributed by atoms with Crippen molar-refractivity contribution < 1.29 is 32.7 Å². The monoisotopic (exact) mass is 765 g/mol. The van der Waals surface area contributed by atoms with E-state index in [2.05, 4.69) is 21.8 Å². The van der Waals surface area contributed by atoms with Gasteiger partial charge in [-0.05, 0) is 59.4 Å². The van der Waals surface area contributed by atoms with Gasteiger partial charge in [0.2, 0.25) is 0 Å². The Hall–Kier alpha value is -4.65. The van der Waals surface area contributed by atoms with Crippen LogP contribution < -0.4 is 20.7 Å². The zero-order valence-corrected chi connectivity index (χ0v) is 31.7. The van der Waals surface area contributed by atoms with Gasteiger partial charge in [0.1, 0.15) is 41.5 Å². The fourth-order valence-corrected chi connectivity index (χ4v) is 9.98. The molecule has 12 nitrogen and oxygen atoms in total. The summed E-state index contributed by atoms with van der Waals surface area (Å²) in [5.41, 5.74) is 1.41. The SMILES string of the molecule is COc1ccc(C(OCC2OC(n3ccc(=O)[nH]c3=O)C(OC)C2O[P@]2OC(c3ccccc3)C3CCCN32)(c2ccccc2)c2ccc(OC)cc2)cc1. The first kappa shape index (κ1) is 37.3. The smallest absolute Gasteiger partial charge is 0.330 e. The molecule has 3 fully saturated rings. The lowest BCUT2D eigenvalue weighted by atomic mass is 9.80. The maximum Gasteiger partial charge on any atom is 0.330 e. The van der Waals surface area contributed by atoms with Gasteiger partial charge in [0.05, 0.1) is 20.8 Å². The molecule has 1 aromatic heterocycles. The largest absolute Gasteiger partial charge is 0.497 e. The zero-order valence-electron chi connectivity index (χ0n) is 30.9. The minimum Gasteiger partial charge on any atom is -0.497 e. The van der Waals surface area contributed by atoms with Crippen molar-refractivity contribution in [3.8, 4) is 11.5 Å². The van der Waals surface area contributed by atoms with E-state index in [0.29, 0.717) is 11.5 Å². The minimum atomic E-state index is -1.56. The van der Waals surface area contributed by atoms with E-state index in [1.54, 1.807) is 21.3 Å². The summed E-state index contributed by atoms with van der Waals surface area (Å²) in [5.74, 6) is 1.41. The maximum atomic E-state index is 13.2.